The Hall–Kier alpha value is -3.41. The van der Waals surface area contributed by atoms with Gasteiger partial charge < -0.3 is 27.1 Å². The van der Waals surface area contributed by atoms with Crippen LogP contribution >= 0.6 is 0 Å². The normalized spacial score (nSPS) is 22.5. The second kappa shape index (κ2) is 17.4. The third-order valence-corrected chi connectivity index (χ3v) is 12.3. The maximum atomic E-state index is 13.8. The number of allylic oxidation sites excluding steroid dienone is 7. The number of nitrogens with zero attached hydrogens (tertiary/aromatic N) is 4. The Morgan fingerprint density at radius 3 is 2.34 bits per heavy atom. The predicted octanol–water partition coefficient (Wildman–Crippen LogP) is 7.60. The largest absolute Gasteiger partial charge is 1.00 e. The molecular formula is C47H65ClN4O. The fourth-order valence-electron chi connectivity index (χ4n) is 9.50. The Labute approximate surface area is 327 Å². The fraction of sp³-hybridized carbons (Fsp3) is 0.532. The lowest BCUT2D eigenvalue weighted by Crippen LogP contribution is -3.00. The van der Waals surface area contributed by atoms with Gasteiger partial charge in [-0.15, -0.1) is 0 Å². The Morgan fingerprint density at radius 2 is 1.62 bits per heavy atom. The highest BCUT2D eigenvalue weighted by Gasteiger charge is 2.44. The van der Waals surface area contributed by atoms with E-state index in [1.54, 1.807) is 6.92 Å². The molecule has 3 heterocycles. The minimum Gasteiger partial charge on any atom is -1.00 e. The van der Waals surface area contributed by atoms with Gasteiger partial charge in [0.1, 0.15) is 6.54 Å². The minimum atomic E-state index is -0.0993. The van der Waals surface area contributed by atoms with Crippen molar-refractivity contribution < 1.29 is 21.8 Å². The third kappa shape index (κ3) is 8.17. The summed E-state index contributed by atoms with van der Waals surface area (Å²) >= 11 is 0. The fourth-order valence-corrected chi connectivity index (χ4v) is 9.50. The average Bonchev–Trinajstić information content (AvgIpc) is 3.47. The number of benzene rings is 2. The van der Waals surface area contributed by atoms with E-state index in [1.165, 1.54) is 70.9 Å². The van der Waals surface area contributed by atoms with Crippen LogP contribution in [0.1, 0.15) is 124 Å². The number of hydrogen-bond donors (Lipinski definition) is 0. The van der Waals surface area contributed by atoms with Crippen LogP contribution in [0.15, 0.2) is 95.4 Å². The number of halogens is 1. The number of piperidine rings is 1. The summed E-state index contributed by atoms with van der Waals surface area (Å²) in [6.07, 6.45) is 19.6. The summed E-state index contributed by atoms with van der Waals surface area (Å²) in [7, 11) is 0. The van der Waals surface area contributed by atoms with E-state index in [-0.39, 0.29) is 29.1 Å². The quantitative estimate of drug-likeness (QED) is 0.210. The van der Waals surface area contributed by atoms with Gasteiger partial charge in [-0.05, 0) is 101 Å². The number of carbonyl (C=O) groups is 1. The first kappa shape index (κ1) is 40.8. The van der Waals surface area contributed by atoms with E-state index >= 15 is 0 Å². The first-order valence-electron chi connectivity index (χ1n) is 20.5. The molecular weight excluding hydrogens is 672 g/mol. The highest BCUT2D eigenvalue weighted by Crippen LogP contribution is 2.48. The van der Waals surface area contributed by atoms with Gasteiger partial charge in [0, 0.05) is 79.2 Å². The molecule has 6 rings (SSSR count). The van der Waals surface area contributed by atoms with Crippen molar-refractivity contribution in [2.45, 2.75) is 130 Å². The van der Waals surface area contributed by atoms with Crippen molar-refractivity contribution in [1.82, 2.24) is 9.80 Å². The van der Waals surface area contributed by atoms with Crippen molar-refractivity contribution in [3.05, 3.63) is 107 Å². The van der Waals surface area contributed by atoms with Crippen molar-refractivity contribution in [3.8, 4) is 0 Å². The van der Waals surface area contributed by atoms with Crippen molar-refractivity contribution in [2.24, 2.45) is 0 Å². The van der Waals surface area contributed by atoms with Gasteiger partial charge >= 0.3 is 0 Å². The average molecular weight is 738 g/mol. The molecule has 0 radical (unpaired) electrons. The zero-order valence-corrected chi connectivity index (χ0v) is 34.7. The summed E-state index contributed by atoms with van der Waals surface area (Å²) in [6, 6.07) is 18.4. The predicted molar refractivity (Wildman–Crippen MR) is 220 cm³/mol. The molecule has 4 aliphatic rings. The molecule has 0 bridgehead atoms. The van der Waals surface area contributed by atoms with E-state index in [1.807, 2.05) is 0 Å². The van der Waals surface area contributed by atoms with E-state index in [0.29, 0.717) is 6.04 Å². The summed E-state index contributed by atoms with van der Waals surface area (Å²) in [5, 5.41) is 0. The number of anilines is 1. The topological polar surface area (TPSA) is 29.8 Å². The molecule has 1 atom stereocenters. The van der Waals surface area contributed by atoms with Gasteiger partial charge in [0.25, 0.3) is 0 Å². The number of fused-ring (bicyclic) bond motifs is 2. The van der Waals surface area contributed by atoms with Crippen LogP contribution in [-0.4, -0.2) is 64.8 Å². The van der Waals surface area contributed by atoms with Crippen molar-refractivity contribution in [2.75, 3.05) is 37.6 Å². The summed E-state index contributed by atoms with van der Waals surface area (Å²) in [5.41, 5.74) is 11.6. The summed E-state index contributed by atoms with van der Waals surface area (Å²) in [6.45, 7) is 23.1. The second-order valence-corrected chi connectivity index (χ2v) is 16.7. The van der Waals surface area contributed by atoms with Crippen LogP contribution in [-0.2, 0) is 15.6 Å². The van der Waals surface area contributed by atoms with E-state index < -0.39 is 0 Å². The van der Waals surface area contributed by atoms with E-state index in [2.05, 4.69) is 141 Å². The molecule has 0 saturated carbocycles. The summed E-state index contributed by atoms with van der Waals surface area (Å²) in [5.74, 6) is 0.142. The van der Waals surface area contributed by atoms with Crippen LogP contribution in [0.5, 0.6) is 0 Å². The molecule has 1 unspecified atom stereocenters. The molecule has 3 aliphatic heterocycles. The van der Waals surface area contributed by atoms with Crippen molar-refractivity contribution in [1.29, 1.82) is 0 Å². The van der Waals surface area contributed by atoms with Gasteiger partial charge in [-0.1, -0.05) is 82.7 Å². The molecule has 1 fully saturated rings. The molecule has 1 amide bonds. The van der Waals surface area contributed by atoms with Gasteiger partial charge in [0.05, 0.1) is 5.41 Å². The molecule has 1 aliphatic carbocycles. The van der Waals surface area contributed by atoms with E-state index in [4.69, 9.17) is 0 Å². The van der Waals surface area contributed by atoms with Crippen molar-refractivity contribution >= 4 is 23.0 Å². The molecule has 53 heavy (non-hydrogen) atoms. The zero-order valence-electron chi connectivity index (χ0n) is 34.0. The van der Waals surface area contributed by atoms with E-state index in [9.17, 15) is 4.79 Å². The summed E-state index contributed by atoms with van der Waals surface area (Å²) in [4.78, 5) is 21.1. The lowest BCUT2D eigenvalue weighted by molar-refractivity contribution is -0.437. The Balaban J connectivity index is 0.00000541. The summed E-state index contributed by atoms with van der Waals surface area (Å²) < 4.78 is 2.53. The van der Waals surface area contributed by atoms with E-state index in [0.717, 1.165) is 70.4 Å². The Morgan fingerprint density at radius 1 is 0.887 bits per heavy atom. The molecule has 0 N–H and O–H groups in total. The zero-order chi connectivity index (χ0) is 37.0. The van der Waals surface area contributed by atoms with Crippen LogP contribution in [0, 0.1) is 0 Å². The molecule has 5 nitrogen and oxygen atoms in total. The third-order valence-electron chi connectivity index (χ3n) is 12.3. The number of rotatable bonds is 12. The molecule has 2 aromatic carbocycles. The highest BCUT2D eigenvalue weighted by molar-refractivity contribution is 6.03. The SMILES string of the molecule is CCCN1C(=CC=C2CCCC(C=CC3=[N+](CCC)c4ccccc4C3(C)C)=C2N(CCCN2CCCCC2C)C(C)=O)C(C)(C)c2ccccc21.[Cl-]. The maximum Gasteiger partial charge on any atom is 0.223 e. The number of likely N-dealkylation sites (tertiary alicyclic amines) is 1. The molecule has 286 valence electrons. The standard InChI is InChI=1S/C47H65N4O.ClH/c1-9-30-50-41-24-13-11-22-39(41)46(5,6)43(50)28-26-37-20-17-21-38(45(37)49(36(4)52)34-18-33-48-32-16-15-19-35(48)3)27-29-44-47(7,8)40-23-12-14-25-42(40)51(44)31-10-2;/h11-14,22-29,35H,9-10,15-21,30-34H2,1-8H3;1H/q+1;/p-1. The Bertz CT molecular complexity index is 1790. The van der Waals surface area contributed by atoms with Crippen molar-refractivity contribution in [3.63, 3.8) is 0 Å². The minimum absolute atomic E-state index is 0. The molecule has 6 heteroatoms. The van der Waals surface area contributed by atoms with Crippen LogP contribution in [0.25, 0.3) is 0 Å². The highest BCUT2D eigenvalue weighted by atomic mass is 35.5. The van der Waals surface area contributed by atoms with Gasteiger partial charge in [0.15, 0.2) is 5.71 Å². The number of carbonyl (C=O) groups excluding carboxylic acids is 1. The lowest BCUT2D eigenvalue weighted by atomic mass is 9.81. The lowest BCUT2D eigenvalue weighted by Gasteiger charge is -2.35. The maximum absolute atomic E-state index is 13.8. The van der Waals surface area contributed by atoms with Gasteiger partial charge in [-0.2, -0.15) is 4.58 Å². The van der Waals surface area contributed by atoms with Gasteiger partial charge in [-0.3, -0.25) is 4.79 Å². The smallest absolute Gasteiger partial charge is 0.223 e. The molecule has 0 aromatic heterocycles. The van der Waals surface area contributed by atoms with Crippen LogP contribution < -0.4 is 17.3 Å². The monoisotopic (exact) mass is 736 g/mol. The second-order valence-electron chi connectivity index (χ2n) is 16.7. The first-order valence-corrected chi connectivity index (χ1v) is 20.5. The van der Waals surface area contributed by atoms with Gasteiger partial charge in [-0.25, -0.2) is 0 Å². The first-order chi connectivity index (χ1) is 25.0. The number of para-hydroxylation sites is 2. The molecule has 1 saturated heterocycles. The van der Waals surface area contributed by atoms with Crippen LogP contribution in [0.2, 0.25) is 0 Å². The van der Waals surface area contributed by atoms with Gasteiger partial charge in [0.2, 0.25) is 11.6 Å². The molecule has 0 spiro atoms. The number of hydrogen-bond acceptors (Lipinski definition) is 3. The van der Waals surface area contributed by atoms with Crippen LogP contribution in [0.4, 0.5) is 11.4 Å². The Kier molecular flexibility index (Phi) is 13.4. The van der Waals surface area contributed by atoms with Crippen LogP contribution in [0.3, 0.4) is 0 Å². The number of amides is 1. The molecule has 2 aromatic rings.